The maximum Gasteiger partial charge on any atom is 0.349 e. The topological polar surface area (TPSA) is 152 Å². The molecule has 0 fully saturated rings. The van der Waals surface area contributed by atoms with Crippen molar-refractivity contribution in [3.8, 4) is 11.5 Å². The highest BCUT2D eigenvalue weighted by Gasteiger charge is 2.23. The summed E-state index contributed by atoms with van der Waals surface area (Å²) in [7, 11) is 0. The van der Waals surface area contributed by atoms with Crippen molar-refractivity contribution in [1.29, 1.82) is 0 Å². The molecule has 0 spiro atoms. The molecule has 1 atom stereocenters. The van der Waals surface area contributed by atoms with Crippen LogP contribution in [0.3, 0.4) is 0 Å². The van der Waals surface area contributed by atoms with E-state index in [1.807, 2.05) is 0 Å². The van der Waals surface area contributed by atoms with Crippen molar-refractivity contribution in [2.24, 2.45) is 0 Å². The molecule has 12 heteroatoms. The van der Waals surface area contributed by atoms with Crippen LogP contribution in [0, 0.1) is 20.2 Å². The average molecular weight is 390 g/mol. The number of nitrogens with zero attached hydrogens (tertiary/aromatic N) is 4. The molecule has 138 valence electrons. The van der Waals surface area contributed by atoms with E-state index < -0.39 is 21.9 Å². The number of hydrogen-bond donors (Lipinski definition) is 0. The van der Waals surface area contributed by atoms with Crippen molar-refractivity contribution in [2.75, 3.05) is 0 Å². The fourth-order valence-electron chi connectivity index (χ4n) is 2.05. The highest BCUT2D eigenvalue weighted by atomic mass is 32.1. The molecule has 3 rings (SSSR count). The summed E-state index contributed by atoms with van der Waals surface area (Å²) in [5, 5.41) is 28.8. The minimum Gasteiger partial charge on any atom is -0.448 e. The van der Waals surface area contributed by atoms with Crippen LogP contribution in [0.25, 0.3) is 11.5 Å². The lowest BCUT2D eigenvalue weighted by atomic mass is 10.2. The van der Waals surface area contributed by atoms with Gasteiger partial charge >= 0.3 is 11.0 Å². The van der Waals surface area contributed by atoms with Gasteiger partial charge in [-0.15, -0.1) is 10.2 Å². The second kappa shape index (κ2) is 7.29. The first-order valence-electron chi connectivity index (χ1n) is 7.38. The number of ether oxygens (including phenoxy) is 1. The Morgan fingerprint density at radius 2 is 1.81 bits per heavy atom. The lowest BCUT2D eigenvalue weighted by molar-refractivity contribution is -0.384. The number of rotatable bonds is 6. The zero-order valence-corrected chi connectivity index (χ0v) is 14.4. The van der Waals surface area contributed by atoms with E-state index in [-0.39, 0.29) is 27.3 Å². The van der Waals surface area contributed by atoms with E-state index in [0.29, 0.717) is 16.9 Å². The number of benzene rings is 1. The van der Waals surface area contributed by atoms with E-state index in [9.17, 15) is 25.0 Å². The van der Waals surface area contributed by atoms with Crippen LogP contribution in [0.5, 0.6) is 0 Å². The number of carbonyl (C=O) groups excluding carboxylic acids is 1. The van der Waals surface area contributed by atoms with Crippen molar-refractivity contribution in [1.82, 2.24) is 10.2 Å². The Labute approximate surface area is 154 Å². The SMILES string of the molecule is CC(OC(=O)c1ccc([N+](=O)[O-])s1)c1nnc(-c2ccc([N+](=O)[O-])cc2)o1. The summed E-state index contributed by atoms with van der Waals surface area (Å²) >= 11 is 0.697. The highest BCUT2D eigenvalue weighted by Crippen LogP contribution is 2.28. The first-order chi connectivity index (χ1) is 12.8. The molecule has 27 heavy (non-hydrogen) atoms. The number of hydrogen-bond acceptors (Lipinski definition) is 10. The fraction of sp³-hybridized carbons (Fsp3) is 0.133. The zero-order valence-electron chi connectivity index (χ0n) is 13.6. The van der Waals surface area contributed by atoms with Crippen LogP contribution >= 0.6 is 11.3 Å². The molecule has 11 nitrogen and oxygen atoms in total. The van der Waals surface area contributed by atoms with Crippen molar-refractivity contribution < 1.29 is 23.8 Å². The predicted molar refractivity (Wildman–Crippen MR) is 91.2 cm³/mol. The smallest absolute Gasteiger partial charge is 0.349 e. The number of non-ortho nitro benzene ring substituents is 1. The van der Waals surface area contributed by atoms with Gasteiger partial charge in [0, 0.05) is 23.8 Å². The molecule has 0 amide bonds. The molecule has 0 aliphatic heterocycles. The number of nitro benzene ring substituents is 1. The number of nitro groups is 2. The van der Waals surface area contributed by atoms with Crippen LogP contribution in [-0.4, -0.2) is 26.0 Å². The van der Waals surface area contributed by atoms with Crippen LogP contribution in [0.4, 0.5) is 10.7 Å². The van der Waals surface area contributed by atoms with Gasteiger partial charge in [-0.2, -0.15) is 0 Å². The highest BCUT2D eigenvalue weighted by molar-refractivity contribution is 7.17. The third-order valence-electron chi connectivity index (χ3n) is 3.37. The van der Waals surface area contributed by atoms with Crippen LogP contribution in [0.1, 0.15) is 28.6 Å². The van der Waals surface area contributed by atoms with Gasteiger partial charge in [0.05, 0.1) is 9.85 Å². The summed E-state index contributed by atoms with van der Waals surface area (Å²) in [5.74, 6) is -0.631. The van der Waals surface area contributed by atoms with Crippen molar-refractivity contribution in [2.45, 2.75) is 13.0 Å². The summed E-state index contributed by atoms with van der Waals surface area (Å²) in [6.45, 7) is 1.51. The lowest BCUT2D eigenvalue weighted by Gasteiger charge is -2.07. The van der Waals surface area contributed by atoms with E-state index in [1.54, 1.807) is 0 Å². The number of thiophene rings is 1. The molecular weight excluding hydrogens is 380 g/mol. The molecule has 2 aromatic heterocycles. The maximum absolute atomic E-state index is 12.1. The molecule has 0 saturated carbocycles. The minimum absolute atomic E-state index is 0.0164. The van der Waals surface area contributed by atoms with Crippen LogP contribution in [0.15, 0.2) is 40.8 Å². The lowest BCUT2D eigenvalue weighted by Crippen LogP contribution is -2.08. The molecule has 3 aromatic rings. The van der Waals surface area contributed by atoms with Crippen molar-refractivity contribution in [3.05, 3.63) is 67.4 Å². The largest absolute Gasteiger partial charge is 0.448 e. The predicted octanol–water partition coefficient (Wildman–Crippen LogP) is 3.53. The molecule has 1 unspecified atom stereocenters. The van der Waals surface area contributed by atoms with Crippen LogP contribution in [-0.2, 0) is 4.74 Å². The molecule has 0 aliphatic carbocycles. The fourth-order valence-corrected chi connectivity index (χ4v) is 2.75. The van der Waals surface area contributed by atoms with E-state index in [0.717, 1.165) is 0 Å². The van der Waals surface area contributed by atoms with E-state index in [2.05, 4.69) is 10.2 Å². The average Bonchev–Trinajstić information content (AvgIpc) is 3.31. The normalized spacial score (nSPS) is 11.7. The van der Waals surface area contributed by atoms with E-state index >= 15 is 0 Å². The van der Waals surface area contributed by atoms with Gasteiger partial charge in [-0.1, -0.05) is 11.3 Å². The van der Waals surface area contributed by atoms with Gasteiger partial charge in [0.1, 0.15) is 4.88 Å². The first-order valence-corrected chi connectivity index (χ1v) is 8.20. The summed E-state index contributed by atoms with van der Waals surface area (Å²) in [5.41, 5.74) is 0.387. The van der Waals surface area contributed by atoms with E-state index in [1.165, 1.54) is 43.3 Å². The maximum atomic E-state index is 12.1. The van der Waals surface area contributed by atoms with Crippen molar-refractivity contribution in [3.63, 3.8) is 0 Å². The van der Waals surface area contributed by atoms with Gasteiger partial charge in [0.25, 0.3) is 11.6 Å². The van der Waals surface area contributed by atoms with E-state index in [4.69, 9.17) is 9.15 Å². The zero-order chi connectivity index (χ0) is 19.6. The van der Waals surface area contributed by atoms with Gasteiger partial charge in [-0.05, 0) is 25.1 Å². The Morgan fingerprint density at radius 3 is 2.41 bits per heavy atom. The third-order valence-corrected chi connectivity index (χ3v) is 4.39. The molecule has 0 saturated heterocycles. The van der Waals surface area contributed by atoms with Gasteiger partial charge < -0.3 is 9.15 Å². The molecule has 0 N–H and O–H groups in total. The molecule has 0 radical (unpaired) electrons. The summed E-state index contributed by atoms with van der Waals surface area (Å²) in [4.78, 5) is 32.3. The van der Waals surface area contributed by atoms with Crippen LogP contribution in [0.2, 0.25) is 0 Å². The van der Waals surface area contributed by atoms with Gasteiger partial charge in [-0.25, -0.2) is 4.79 Å². The number of esters is 1. The van der Waals surface area contributed by atoms with Gasteiger partial charge in [0.15, 0.2) is 6.10 Å². The molecule has 2 heterocycles. The number of aromatic nitrogens is 2. The van der Waals surface area contributed by atoms with Crippen LogP contribution < -0.4 is 0 Å². The summed E-state index contributed by atoms with van der Waals surface area (Å²) < 4.78 is 10.6. The molecule has 0 bridgehead atoms. The second-order valence-corrected chi connectivity index (χ2v) is 6.25. The Kier molecular flexibility index (Phi) is 4.90. The third kappa shape index (κ3) is 3.95. The summed E-state index contributed by atoms with van der Waals surface area (Å²) in [6, 6.07) is 8.02. The standard InChI is InChI=1S/C15H10N4O7S/c1-8(25-15(20)11-6-7-12(27-11)19(23)24)13-16-17-14(26-13)9-2-4-10(5-3-9)18(21)22/h2-8H,1H3. The minimum atomic E-state index is -0.891. The Bertz CT molecular complexity index is 1010. The molecule has 1 aromatic carbocycles. The van der Waals surface area contributed by atoms with Gasteiger partial charge in [-0.3, -0.25) is 20.2 Å². The van der Waals surface area contributed by atoms with Crippen molar-refractivity contribution >= 4 is 28.0 Å². The Morgan fingerprint density at radius 1 is 1.11 bits per heavy atom. The quantitative estimate of drug-likeness (QED) is 0.349. The Balaban J connectivity index is 1.70. The Hall–Kier alpha value is -3.67. The molecular formula is C15H10N4O7S. The second-order valence-electron chi connectivity index (χ2n) is 5.19. The molecule has 0 aliphatic rings. The van der Waals surface area contributed by atoms with Gasteiger partial charge in [0.2, 0.25) is 5.89 Å². The first kappa shape index (κ1) is 18.1. The number of carbonyl (C=O) groups is 1. The monoisotopic (exact) mass is 390 g/mol. The summed E-state index contributed by atoms with van der Waals surface area (Å²) in [6.07, 6.45) is -0.891.